The third-order valence-corrected chi connectivity index (χ3v) is 3.05. The highest BCUT2D eigenvalue weighted by molar-refractivity contribution is 7.98. The molecule has 2 rings (SSSR count). The molecule has 2 N–H and O–H groups in total. The molecule has 0 amide bonds. The summed E-state index contributed by atoms with van der Waals surface area (Å²) < 4.78 is 4.03. The smallest absolute Gasteiger partial charge is 0.250 e. The zero-order valence-corrected chi connectivity index (χ0v) is 10.4. The summed E-state index contributed by atoms with van der Waals surface area (Å²) in [6, 6.07) is 4.20. The fourth-order valence-corrected chi connectivity index (χ4v) is 2.05. The van der Waals surface area contributed by atoms with E-state index in [2.05, 4.69) is 19.6 Å². The number of rotatable bonds is 3. The van der Waals surface area contributed by atoms with Crippen LogP contribution in [0, 0.1) is 0 Å². The Morgan fingerprint density at radius 2 is 2.06 bits per heavy atom. The molecule has 1 heterocycles. The molecule has 0 saturated carbocycles. The fourth-order valence-electron chi connectivity index (χ4n) is 1.00. The van der Waals surface area contributed by atoms with Crippen LogP contribution in [-0.2, 0) is 0 Å². The molecule has 0 spiro atoms. The van der Waals surface area contributed by atoms with E-state index in [1.54, 1.807) is 0 Å². The van der Waals surface area contributed by atoms with Gasteiger partial charge in [0.1, 0.15) is 0 Å². The minimum Gasteiger partial charge on any atom is -0.504 e. The number of hydrogen-bond acceptors (Lipinski definition) is 8. The van der Waals surface area contributed by atoms with Crippen molar-refractivity contribution in [1.82, 2.24) is 9.36 Å². The minimum atomic E-state index is -0.233. The Labute approximate surface area is 105 Å². The predicted molar refractivity (Wildman–Crippen MR) is 65.6 cm³/mol. The highest BCUT2D eigenvalue weighted by Gasteiger charge is 2.02. The first-order valence-electron chi connectivity index (χ1n) is 4.50. The van der Waals surface area contributed by atoms with Crippen molar-refractivity contribution in [2.45, 2.75) is 5.16 Å². The van der Waals surface area contributed by atoms with E-state index in [4.69, 9.17) is 5.11 Å². The lowest BCUT2D eigenvalue weighted by molar-refractivity contribution is 0.404. The molecule has 0 aliphatic carbocycles. The number of benzene rings is 1. The highest BCUT2D eigenvalue weighted by atomic mass is 32.2. The fraction of sp³-hybridized carbons (Fsp3) is 0.111. The largest absolute Gasteiger partial charge is 0.504 e. The number of phenols is 2. The van der Waals surface area contributed by atoms with E-state index < -0.39 is 0 Å². The molecule has 88 valence electrons. The third kappa shape index (κ3) is 2.92. The predicted octanol–water partition coefficient (Wildman–Crippen LogP) is 3.09. The first-order valence-corrected chi connectivity index (χ1v) is 6.50. The average Bonchev–Trinajstić information content (AvgIpc) is 2.79. The van der Waals surface area contributed by atoms with Crippen molar-refractivity contribution in [3.8, 4) is 11.5 Å². The lowest BCUT2D eigenvalue weighted by atomic mass is 10.3. The SMILES string of the molecule is CSc1nsc(N=Nc2ccc(O)c(O)c2)n1. The second-order valence-electron chi connectivity index (χ2n) is 2.94. The van der Waals surface area contributed by atoms with E-state index in [9.17, 15) is 5.11 Å². The molecular formula is C9H8N4O2S2. The van der Waals surface area contributed by atoms with Crippen molar-refractivity contribution in [2.24, 2.45) is 10.2 Å². The molecule has 1 aromatic heterocycles. The number of aromatic nitrogens is 2. The van der Waals surface area contributed by atoms with Gasteiger partial charge in [0.15, 0.2) is 11.5 Å². The Bertz CT molecular complexity index is 556. The molecule has 0 aliphatic rings. The summed E-state index contributed by atoms with van der Waals surface area (Å²) in [5.41, 5.74) is 0.432. The number of hydrogen-bond donors (Lipinski definition) is 2. The number of nitrogens with zero attached hydrogens (tertiary/aromatic N) is 4. The minimum absolute atomic E-state index is 0.190. The summed E-state index contributed by atoms with van der Waals surface area (Å²) in [7, 11) is 0. The molecule has 0 radical (unpaired) electrons. The number of thioether (sulfide) groups is 1. The first kappa shape index (κ1) is 11.8. The van der Waals surface area contributed by atoms with Crippen molar-refractivity contribution in [2.75, 3.05) is 6.26 Å². The van der Waals surface area contributed by atoms with Gasteiger partial charge in [0.25, 0.3) is 0 Å². The van der Waals surface area contributed by atoms with E-state index in [1.165, 1.54) is 30.0 Å². The molecule has 8 heteroatoms. The standard InChI is InChI=1S/C9H8N4O2S2/c1-16-9-10-8(17-13-9)12-11-5-2-3-6(14)7(15)4-5/h2-4,14-15H,1H3. The van der Waals surface area contributed by atoms with Crippen LogP contribution in [0.3, 0.4) is 0 Å². The Balaban J connectivity index is 2.16. The van der Waals surface area contributed by atoms with Gasteiger partial charge in [-0.05, 0) is 18.4 Å². The van der Waals surface area contributed by atoms with Crippen LogP contribution in [-0.4, -0.2) is 25.8 Å². The summed E-state index contributed by atoms with van der Waals surface area (Å²) >= 11 is 2.58. The molecular weight excluding hydrogens is 260 g/mol. The van der Waals surface area contributed by atoms with Gasteiger partial charge in [-0.25, -0.2) is 0 Å². The first-order chi connectivity index (χ1) is 8.19. The highest BCUT2D eigenvalue weighted by Crippen LogP contribution is 2.30. The van der Waals surface area contributed by atoms with E-state index >= 15 is 0 Å². The van der Waals surface area contributed by atoms with Gasteiger partial charge in [0.2, 0.25) is 10.3 Å². The summed E-state index contributed by atoms with van der Waals surface area (Å²) in [5.74, 6) is -0.423. The molecule has 1 aromatic carbocycles. The topological polar surface area (TPSA) is 91.0 Å². The quantitative estimate of drug-likeness (QED) is 0.507. The second kappa shape index (κ2) is 5.11. The van der Waals surface area contributed by atoms with Crippen LogP contribution in [0.2, 0.25) is 0 Å². The van der Waals surface area contributed by atoms with Gasteiger partial charge in [0, 0.05) is 17.6 Å². The van der Waals surface area contributed by atoms with Crippen LogP contribution in [0.1, 0.15) is 0 Å². The maximum atomic E-state index is 9.26. The molecule has 0 fully saturated rings. The van der Waals surface area contributed by atoms with Crippen LogP contribution < -0.4 is 0 Å². The Morgan fingerprint density at radius 3 is 2.71 bits per heavy atom. The number of phenolic OH excluding ortho intramolecular Hbond substituents is 2. The third-order valence-electron chi connectivity index (χ3n) is 1.79. The Hall–Kier alpha value is -1.67. The summed E-state index contributed by atoms with van der Waals surface area (Å²) in [6.45, 7) is 0. The molecule has 6 nitrogen and oxygen atoms in total. The van der Waals surface area contributed by atoms with Crippen molar-refractivity contribution < 1.29 is 10.2 Å². The molecule has 2 aromatic rings. The monoisotopic (exact) mass is 268 g/mol. The molecule has 0 saturated heterocycles. The maximum Gasteiger partial charge on any atom is 0.250 e. The van der Waals surface area contributed by atoms with Gasteiger partial charge in [-0.1, -0.05) is 11.8 Å². The van der Waals surface area contributed by atoms with Crippen LogP contribution in [0.5, 0.6) is 11.5 Å². The average molecular weight is 268 g/mol. The van der Waals surface area contributed by atoms with Gasteiger partial charge in [-0.15, -0.1) is 10.2 Å². The van der Waals surface area contributed by atoms with Crippen LogP contribution in [0.15, 0.2) is 33.6 Å². The summed E-state index contributed by atoms with van der Waals surface area (Å²) in [6.07, 6.45) is 1.88. The maximum absolute atomic E-state index is 9.26. The normalized spacial score (nSPS) is 11.1. The second-order valence-corrected chi connectivity index (χ2v) is 4.44. The summed E-state index contributed by atoms with van der Waals surface area (Å²) in [4.78, 5) is 4.08. The number of azo groups is 1. The van der Waals surface area contributed by atoms with Gasteiger partial charge in [-0.2, -0.15) is 9.36 Å². The zero-order valence-electron chi connectivity index (χ0n) is 8.73. The van der Waals surface area contributed by atoms with Gasteiger partial charge in [0.05, 0.1) is 5.69 Å². The van der Waals surface area contributed by atoms with Gasteiger partial charge < -0.3 is 10.2 Å². The van der Waals surface area contributed by atoms with Gasteiger partial charge >= 0.3 is 0 Å². The van der Waals surface area contributed by atoms with Gasteiger partial charge in [-0.3, -0.25) is 0 Å². The lowest BCUT2D eigenvalue weighted by Gasteiger charge is -1.96. The lowest BCUT2D eigenvalue weighted by Crippen LogP contribution is -1.69. The van der Waals surface area contributed by atoms with Crippen LogP contribution >= 0.6 is 23.3 Å². The Kier molecular flexibility index (Phi) is 3.55. The van der Waals surface area contributed by atoms with E-state index in [1.807, 2.05) is 6.26 Å². The molecule has 0 atom stereocenters. The van der Waals surface area contributed by atoms with Crippen LogP contribution in [0.4, 0.5) is 10.8 Å². The molecule has 17 heavy (non-hydrogen) atoms. The van der Waals surface area contributed by atoms with Crippen LogP contribution in [0.25, 0.3) is 0 Å². The van der Waals surface area contributed by atoms with E-state index in [0.717, 1.165) is 11.5 Å². The van der Waals surface area contributed by atoms with Crippen molar-refractivity contribution in [1.29, 1.82) is 0 Å². The molecule has 0 aliphatic heterocycles. The summed E-state index contributed by atoms with van der Waals surface area (Å²) in [5, 5.41) is 27.2. The van der Waals surface area contributed by atoms with Crippen molar-refractivity contribution >= 4 is 34.1 Å². The molecule has 0 unspecified atom stereocenters. The zero-order chi connectivity index (χ0) is 12.3. The Morgan fingerprint density at radius 1 is 1.24 bits per heavy atom. The molecule has 0 bridgehead atoms. The van der Waals surface area contributed by atoms with E-state index in [0.29, 0.717) is 16.0 Å². The van der Waals surface area contributed by atoms with Crippen molar-refractivity contribution in [3.05, 3.63) is 18.2 Å². The number of aromatic hydroxyl groups is 2. The van der Waals surface area contributed by atoms with E-state index in [-0.39, 0.29) is 11.5 Å². The van der Waals surface area contributed by atoms with Crippen molar-refractivity contribution in [3.63, 3.8) is 0 Å².